The molecule has 2 aromatic rings. The summed E-state index contributed by atoms with van der Waals surface area (Å²) >= 11 is 0. The number of aryl methyl sites for hydroxylation is 1. The Kier molecular flexibility index (Phi) is 3.59. The van der Waals surface area contributed by atoms with Gasteiger partial charge in [0.2, 0.25) is 5.09 Å². The van der Waals surface area contributed by atoms with Crippen molar-refractivity contribution < 1.29 is 17.2 Å². The van der Waals surface area contributed by atoms with Gasteiger partial charge in [-0.15, -0.1) is 0 Å². The van der Waals surface area contributed by atoms with Gasteiger partial charge in [0.1, 0.15) is 11.6 Å². The van der Waals surface area contributed by atoms with Crippen LogP contribution in [0.1, 0.15) is 11.3 Å². The fraction of sp³-hybridized carbons (Fsp3) is 0.167. The van der Waals surface area contributed by atoms with Crippen molar-refractivity contribution in [3.63, 3.8) is 0 Å². The summed E-state index contributed by atoms with van der Waals surface area (Å²) in [6, 6.07) is 7.51. The minimum absolute atomic E-state index is 0.234. The van der Waals surface area contributed by atoms with Crippen molar-refractivity contribution >= 4 is 15.7 Å². The second kappa shape index (κ2) is 5.02. The van der Waals surface area contributed by atoms with Gasteiger partial charge in [0.15, 0.2) is 0 Å². The van der Waals surface area contributed by atoms with Gasteiger partial charge in [-0.2, -0.15) is 0 Å². The Hall–Kier alpha value is -1.86. The molecule has 0 fully saturated rings. The predicted octanol–water partition coefficient (Wildman–Crippen LogP) is 1.99. The van der Waals surface area contributed by atoms with E-state index in [-0.39, 0.29) is 17.5 Å². The average Bonchev–Trinajstić information content (AvgIpc) is 2.79. The predicted molar refractivity (Wildman–Crippen MR) is 68.5 cm³/mol. The van der Waals surface area contributed by atoms with Crippen LogP contribution >= 0.6 is 0 Å². The van der Waals surface area contributed by atoms with Gasteiger partial charge in [-0.25, -0.2) is 17.9 Å². The zero-order valence-corrected chi connectivity index (χ0v) is 11.0. The van der Waals surface area contributed by atoms with Crippen molar-refractivity contribution in [2.75, 3.05) is 5.32 Å². The van der Waals surface area contributed by atoms with Crippen LogP contribution in [0.5, 0.6) is 0 Å². The maximum absolute atomic E-state index is 13.3. The van der Waals surface area contributed by atoms with Crippen LogP contribution in [-0.2, 0) is 16.6 Å². The van der Waals surface area contributed by atoms with Gasteiger partial charge in [0, 0.05) is 5.69 Å². The van der Waals surface area contributed by atoms with Gasteiger partial charge in [0.05, 0.1) is 6.54 Å². The molecule has 3 N–H and O–H groups in total. The fourth-order valence-corrected chi connectivity index (χ4v) is 1.98. The molecule has 0 amide bonds. The first kappa shape index (κ1) is 13.6. The number of benzene rings is 1. The van der Waals surface area contributed by atoms with E-state index in [0.29, 0.717) is 17.0 Å². The molecule has 2 rings (SSSR count). The van der Waals surface area contributed by atoms with Crippen molar-refractivity contribution in [3.8, 4) is 0 Å². The van der Waals surface area contributed by atoms with Crippen LogP contribution in [0.25, 0.3) is 0 Å². The number of hydrogen-bond donors (Lipinski definition) is 2. The quantitative estimate of drug-likeness (QED) is 0.899. The molecular weight excluding hydrogens is 271 g/mol. The lowest BCUT2D eigenvalue weighted by molar-refractivity contribution is 0.419. The molecule has 7 heteroatoms. The van der Waals surface area contributed by atoms with E-state index in [9.17, 15) is 12.8 Å². The lowest BCUT2D eigenvalue weighted by atomic mass is 10.2. The number of sulfonamides is 1. The normalized spacial score (nSPS) is 11.5. The summed E-state index contributed by atoms with van der Waals surface area (Å²) in [5.41, 5.74) is 1.14. The van der Waals surface area contributed by atoms with Crippen molar-refractivity contribution in [1.29, 1.82) is 0 Å². The van der Waals surface area contributed by atoms with E-state index < -0.39 is 10.0 Å². The number of nitrogens with one attached hydrogen (secondary N) is 1. The highest BCUT2D eigenvalue weighted by atomic mass is 32.2. The SMILES string of the molecule is Cc1ccc(NCc2ccc(S(N)(=O)=O)o2)cc1F. The molecule has 0 saturated carbocycles. The largest absolute Gasteiger partial charge is 0.446 e. The number of halogens is 1. The first-order valence-corrected chi connectivity index (χ1v) is 7.02. The highest BCUT2D eigenvalue weighted by Crippen LogP contribution is 2.16. The second-order valence-corrected chi connectivity index (χ2v) is 5.58. The maximum atomic E-state index is 13.3. The van der Waals surface area contributed by atoms with E-state index in [1.165, 1.54) is 18.2 Å². The molecule has 0 spiro atoms. The third-order valence-corrected chi connectivity index (χ3v) is 3.34. The Morgan fingerprint density at radius 3 is 2.63 bits per heavy atom. The Balaban J connectivity index is 2.06. The van der Waals surface area contributed by atoms with Crippen LogP contribution in [0.2, 0.25) is 0 Å². The number of anilines is 1. The van der Waals surface area contributed by atoms with E-state index in [2.05, 4.69) is 5.32 Å². The van der Waals surface area contributed by atoms with Gasteiger partial charge in [-0.3, -0.25) is 0 Å². The molecule has 19 heavy (non-hydrogen) atoms. The van der Waals surface area contributed by atoms with Crippen LogP contribution in [0, 0.1) is 12.7 Å². The van der Waals surface area contributed by atoms with E-state index in [1.807, 2.05) is 0 Å². The molecule has 1 aromatic heterocycles. The van der Waals surface area contributed by atoms with Crippen LogP contribution in [0.3, 0.4) is 0 Å². The van der Waals surface area contributed by atoms with Gasteiger partial charge in [0.25, 0.3) is 10.0 Å². The van der Waals surface area contributed by atoms with Crippen molar-refractivity contribution in [1.82, 2.24) is 0 Å². The van der Waals surface area contributed by atoms with E-state index in [4.69, 9.17) is 9.56 Å². The third-order valence-electron chi connectivity index (χ3n) is 2.56. The number of hydrogen-bond acceptors (Lipinski definition) is 4. The molecule has 0 bridgehead atoms. The Bertz CT molecular complexity index is 695. The summed E-state index contributed by atoms with van der Waals surface area (Å²) < 4.78 is 40.4. The maximum Gasteiger partial charge on any atom is 0.271 e. The first-order valence-electron chi connectivity index (χ1n) is 5.48. The summed E-state index contributed by atoms with van der Waals surface area (Å²) in [5.74, 6) is 0.0830. The van der Waals surface area contributed by atoms with E-state index >= 15 is 0 Å². The van der Waals surface area contributed by atoms with Crippen LogP contribution in [-0.4, -0.2) is 8.42 Å². The van der Waals surface area contributed by atoms with Crippen LogP contribution in [0.4, 0.5) is 10.1 Å². The fourth-order valence-electron chi connectivity index (χ4n) is 1.50. The van der Waals surface area contributed by atoms with E-state index in [1.54, 1.807) is 19.1 Å². The molecule has 1 aromatic carbocycles. The smallest absolute Gasteiger partial charge is 0.271 e. The Labute approximate surface area is 110 Å². The summed E-state index contributed by atoms with van der Waals surface area (Å²) in [6.45, 7) is 1.90. The van der Waals surface area contributed by atoms with Crippen molar-refractivity contribution in [2.24, 2.45) is 5.14 Å². The van der Waals surface area contributed by atoms with Crippen molar-refractivity contribution in [3.05, 3.63) is 47.5 Å². The second-order valence-electron chi connectivity index (χ2n) is 4.08. The summed E-state index contributed by atoms with van der Waals surface area (Å²) in [5, 5.41) is 7.55. The van der Waals surface area contributed by atoms with Gasteiger partial charge >= 0.3 is 0 Å². The Morgan fingerprint density at radius 2 is 2.05 bits per heavy atom. The molecule has 0 aliphatic carbocycles. The molecule has 1 heterocycles. The molecular formula is C12H13FN2O3S. The molecule has 0 radical (unpaired) electrons. The zero-order valence-electron chi connectivity index (χ0n) is 10.2. The van der Waals surface area contributed by atoms with Crippen LogP contribution in [0.15, 0.2) is 39.8 Å². The molecule has 0 aliphatic rings. The zero-order chi connectivity index (χ0) is 14.0. The molecule has 0 atom stereocenters. The van der Waals surface area contributed by atoms with Crippen LogP contribution < -0.4 is 10.5 Å². The lowest BCUT2D eigenvalue weighted by Gasteiger charge is -2.05. The van der Waals surface area contributed by atoms with E-state index in [0.717, 1.165) is 0 Å². The highest BCUT2D eigenvalue weighted by molar-refractivity contribution is 7.89. The topological polar surface area (TPSA) is 85.3 Å². The number of nitrogens with two attached hydrogens (primary N) is 1. The monoisotopic (exact) mass is 284 g/mol. The first-order chi connectivity index (χ1) is 8.86. The molecule has 0 saturated heterocycles. The van der Waals surface area contributed by atoms with Gasteiger partial charge in [-0.1, -0.05) is 6.07 Å². The number of rotatable bonds is 4. The van der Waals surface area contributed by atoms with Gasteiger partial charge in [-0.05, 0) is 36.8 Å². The summed E-state index contributed by atoms with van der Waals surface area (Å²) in [6.07, 6.45) is 0. The van der Waals surface area contributed by atoms with Gasteiger partial charge < -0.3 is 9.73 Å². The standard InChI is InChI=1S/C12H13FN2O3S/c1-8-2-3-9(6-11(8)13)15-7-10-4-5-12(18-10)19(14,16)17/h2-6,15H,7H2,1H3,(H2,14,16,17). The minimum Gasteiger partial charge on any atom is -0.446 e. The van der Waals surface area contributed by atoms with Crippen molar-refractivity contribution in [2.45, 2.75) is 18.6 Å². The molecule has 0 aliphatic heterocycles. The third kappa shape index (κ3) is 3.33. The minimum atomic E-state index is -3.83. The summed E-state index contributed by atoms with van der Waals surface area (Å²) in [4.78, 5) is 0. The highest BCUT2D eigenvalue weighted by Gasteiger charge is 2.12. The average molecular weight is 284 g/mol. The molecule has 5 nitrogen and oxygen atoms in total. The number of furan rings is 1. The molecule has 0 unspecified atom stereocenters. The molecule has 102 valence electrons. The summed E-state index contributed by atoms with van der Waals surface area (Å²) in [7, 11) is -3.83. The Morgan fingerprint density at radius 1 is 1.32 bits per heavy atom. The lowest BCUT2D eigenvalue weighted by Crippen LogP contribution is -2.10. The number of primary sulfonamides is 1.